The molecule has 1 aromatic carbocycles. The van der Waals surface area contributed by atoms with E-state index in [-0.39, 0.29) is 5.78 Å². The zero-order valence-corrected chi connectivity index (χ0v) is 11.9. The molecule has 4 nitrogen and oxygen atoms in total. The van der Waals surface area contributed by atoms with Gasteiger partial charge in [-0.25, -0.2) is 4.98 Å². The van der Waals surface area contributed by atoms with Crippen LogP contribution in [0.2, 0.25) is 0 Å². The van der Waals surface area contributed by atoms with E-state index in [4.69, 9.17) is 5.73 Å². The Kier molecular flexibility index (Phi) is 3.71. The largest absolute Gasteiger partial charge is 0.383 e. The molecular formula is C17H19N3O. The Morgan fingerprint density at radius 1 is 1.10 bits per heavy atom. The first kappa shape index (κ1) is 13.8. The van der Waals surface area contributed by atoms with Gasteiger partial charge in [-0.1, -0.05) is 30.3 Å². The molecule has 0 unspecified atom stereocenters. The molecule has 0 bridgehead atoms. The van der Waals surface area contributed by atoms with Crippen LogP contribution in [0, 0.1) is 0 Å². The third-order valence-corrected chi connectivity index (χ3v) is 4.30. The lowest BCUT2D eigenvalue weighted by molar-refractivity contribution is 0.0848. The van der Waals surface area contributed by atoms with Gasteiger partial charge in [-0.15, -0.1) is 0 Å². The highest BCUT2D eigenvalue weighted by Gasteiger charge is 2.42. The number of rotatable bonds is 3. The Labute approximate surface area is 124 Å². The molecule has 1 aliphatic heterocycles. The summed E-state index contributed by atoms with van der Waals surface area (Å²) in [6, 6.07) is 13.6. The van der Waals surface area contributed by atoms with E-state index in [9.17, 15) is 4.79 Å². The van der Waals surface area contributed by atoms with E-state index >= 15 is 0 Å². The van der Waals surface area contributed by atoms with E-state index in [0.29, 0.717) is 11.4 Å². The molecule has 2 heterocycles. The number of nitrogens with zero attached hydrogens (tertiary/aromatic N) is 1. The first-order valence-electron chi connectivity index (χ1n) is 7.25. The number of ketones is 1. The minimum absolute atomic E-state index is 0.0841. The lowest BCUT2D eigenvalue weighted by Gasteiger charge is -2.37. The summed E-state index contributed by atoms with van der Waals surface area (Å²) in [6.07, 6.45) is 3.18. The molecule has 21 heavy (non-hydrogen) atoms. The monoisotopic (exact) mass is 281 g/mol. The van der Waals surface area contributed by atoms with Crippen LogP contribution in [0.5, 0.6) is 0 Å². The van der Waals surface area contributed by atoms with Crippen LogP contribution < -0.4 is 11.1 Å². The zero-order chi connectivity index (χ0) is 14.7. The maximum atomic E-state index is 13.2. The molecule has 1 aromatic heterocycles. The number of nitrogens with two attached hydrogens (primary N) is 1. The summed E-state index contributed by atoms with van der Waals surface area (Å²) in [6.45, 7) is 1.67. The Bertz CT molecular complexity index is 633. The number of hydrogen-bond donors (Lipinski definition) is 2. The van der Waals surface area contributed by atoms with Gasteiger partial charge in [-0.3, -0.25) is 4.79 Å². The molecule has 1 aliphatic rings. The van der Waals surface area contributed by atoms with Crippen LogP contribution in [0.25, 0.3) is 0 Å². The van der Waals surface area contributed by atoms with Gasteiger partial charge in [-0.05, 0) is 43.6 Å². The third-order valence-electron chi connectivity index (χ3n) is 4.30. The lowest BCUT2D eigenvalue weighted by atomic mass is 9.68. The summed E-state index contributed by atoms with van der Waals surface area (Å²) >= 11 is 0. The maximum absolute atomic E-state index is 13.2. The van der Waals surface area contributed by atoms with Crippen LogP contribution in [-0.4, -0.2) is 23.9 Å². The number of hydrogen-bond acceptors (Lipinski definition) is 4. The van der Waals surface area contributed by atoms with Crippen LogP contribution in [0.4, 0.5) is 5.82 Å². The average Bonchev–Trinajstić information content (AvgIpc) is 2.56. The SMILES string of the molecule is Nc1ncccc1C(=O)C1(c2ccccc2)CCNCC1. The second kappa shape index (κ2) is 5.66. The molecule has 1 saturated heterocycles. The van der Waals surface area contributed by atoms with Crippen molar-refractivity contribution in [3.05, 3.63) is 59.8 Å². The molecule has 3 rings (SSSR count). The highest BCUT2D eigenvalue weighted by molar-refractivity contribution is 6.07. The second-order valence-electron chi connectivity index (χ2n) is 5.46. The Balaban J connectivity index is 2.08. The number of nitrogens with one attached hydrogen (secondary N) is 1. The summed E-state index contributed by atoms with van der Waals surface area (Å²) in [7, 11) is 0. The summed E-state index contributed by atoms with van der Waals surface area (Å²) < 4.78 is 0. The predicted molar refractivity (Wildman–Crippen MR) is 83.2 cm³/mol. The molecule has 3 N–H and O–H groups in total. The Morgan fingerprint density at radius 3 is 2.48 bits per heavy atom. The van der Waals surface area contributed by atoms with Gasteiger partial charge in [0.05, 0.1) is 11.0 Å². The molecule has 0 aliphatic carbocycles. The fourth-order valence-electron chi connectivity index (χ4n) is 3.12. The molecule has 108 valence electrons. The van der Waals surface area contributed by atoms with Gasteiger partial charge in [-0.2, -0.15) is 0 Å². The van der Waals surface area contributed by atoms with Crippen molar-refractivity contribution in [1.82, 2.24) is 10.3 Å². The van der Waals surface area contributed by atoms with E-state index in [1.54, 1.807) is 18.3 Å². The Hall–Kier alpha value is -2.20. The quantitative estimate of drug-likeness (QED) is 0.846. The number of carbonyl (C=O) groups is 1. The fourth-order valence-corrected chi connectivity index (χ4v) is 3.12. The molecule has 0 spiro atoms. The lowest BCUT2D eigenvalue weighted by Crippen LogP contribution is -2.45. The van der Waals surface area contributed by atoms with Crippen molar-refractivity contribution in [1.29, 1.82) is 0 Å². The van der Waals surface area contributed by atoms with Gasteiger partial charge in [0.25, 0.3) is 0 Å². The standard InChI is InChI=1S/C17H19N3O/c18-16-14(7-4-10-20-16)15(21)17(8-11-19-12-9-17)13-5-2-1-3-6-13/h1-7,10,19H,8-9,11-12H2,(H2,18,20). The van der Waals surface area contributed by atoms with Crippen molar-refractivity contribution in [2.45, 2.75) is 18.3 Å². The van der Waals surface area contributed by atoms with Gasteiger partial charge in [0.15, 0.2) is 5.78 Å². The number of Topliss-reactive ketones (excluding diaryl/α,β-unsaturated/α-hetero) is 1. The van der Waals surface area contributed by atoms with Crippen molar-refractivity contribution in [3.8, 4) is 0 Å². The van der Waals surface area contributed by atoms with Gasteiger partial charge in [0.1, 0.15) is 5.82 Å². The summed E-state index contributed by atoms with van der Waals surface area (Å²) in [5.74, 6) is 0.400. The molecule has 2 aromatic rings. The van der Waals surface area contributed by atoms with Gasteiger partial charge in [0, 0.05) is 6.20 Å². The fraction of sp³-hybridized carbons (Fsp3) is 0.294. The summed E-state index contributed by atoms with van der Waals surface area (Å²) in [5, 5.41) is 3.33. The number of nitrogen functional groups attached to an aromatic ring is 1. The minimum Gasteiger partial charge on any atom is -0.383 e. The third kappa shape index (κ3) is 2.43. The van der Waals surface area contributed by atoms with E-state index in [1.165, 1.54) is 0 Å². The molecule has 4 heteroatoms. The minimum atomic E-state index is -0.496. The highest BCUT2D eigenvalue weighted by atomic mass is 16.1. The van der Waals surface area contributed by atoms with Gasteiger partial charge >= 0.3 is 0 Å². The van der Waals surface area contributed by atoms with Crippen molar-refractivity contribution >= 4 is 11.6 Å². The molecule has 1 fully saturated rings. The normalized spacial score (nSPS) is 17.3. The van der Waals surface area contributed by atoms with Crippen molar-refractivity contribution < 1.29 is 4.79 Å². The average molecular weight is 281 g/mol. The van der Waals surface area contributed by atoms with Crippen LogP contribution in [0.3, 0.4) is 0 Å². The first-order chi connectivity index (χ1) is 10.2. The summed E-state index contributed by atoms with van der Waals surface area (Å²) in [4.78, 5) is 17.3. The number of pyridine rings is 1. The number of anilines is 1. The van der Waals surface area contributed by atoms with Crippen molar-refractivity contribution in [2.75, 3.05) is 18.8 Å². The number of benzene rings is 1. The van der Waals surface area contributed by atoms with E-state index in [1.807, 2.05) is 30.3 Å². The predicted octanol–water partition coefficient (Wildman–Crippen LogP) is 2.17. The zero-order valence-electron chi connectivity index (χ0n) is 11.9. The van der Waals surface area contributed by atoms with Gasteiger partial charge < -0.3 is 11.1 Å². The molecule has 0 amide bonds. The first-order valence-corrected chi connectivity index (χ1v) is 7.25. The van der Waals surface area contributed by atoms with Crippen LogP contribution in [0.1, 0.15) is 28.8 Å². The number of aromatic nitrogens is 1. The van der Waals surface area contributed by atoms with Crippen LogP contribution >= 0.6 is 0 Å². The molecule has 0 atom stereocenters. The van der Waals surface area contributed by atoms with Crippen molar-refractivity contribution in [2.24, 2.45) is 0 Å². The van der Waals surface area contributed by atoms with Crippen LogP contribution in [-0.2, 0) is 5.41 Å². The highest BCUT2D eigenvalue weighted by Crippen LogP contribution is 2.37. The summed E-state index contributed by atoms with van der Waals surface area (Å²) in [5.41, 5.74) is 7.02. The van der Waals surface area contributed by atoms with E-state index in [2.05, 4.69) is 10.3 Å². The molecule has 0 saturated carbocycles. The number of piperidine rings is 1. The van der Waals surface area contributed by atoms with E-state index < -0.39 is 5.41 Å². The number of carbonyl (C=O) groups excluding carboxylic acids is 1. The smallest absolute Gasteiger partial charge is 0.177 e. The molecule has 0 radical (unpaired) electrons. The van der Waals surface area contributed by atoms with Gasteiger partial charge in [0.2, 0.25) is 0 Å². The molecular weight excluding hydrogens is 262 g/mol. The Morgan fingerprint density at radius 2 is 1.81 bits per heavy atom. The second-order valence-corrected chi connectivity index (χ2v) is 5.46. The van der Waals surface area contributed by atoms with Crippen molar-refractivity contribution in [3.63, 3.8) is 0 Å². The topological polar surface area (TPSA) is 68.0 Å². The van der Waals surface area contributed by atoms with E-state index in [0.717, 1.165) is 31.5 Å². The van der Waals surface area contributed by atoms with Crippen LogP contribution in [0.15, 0.2) is 48.7 Å². The maximum Gasteiger partial charge on any atom is 0.177 e.